The predicted molar refractivity (Wildman–Crippen MR) is 70.4 cm³/mol. The third-order valence-electron chi connectivity index (χ3n) is 2.23. The van der Waals surface area contributed by atoms with Crippen molar-refractivity contribution in [2.75, 3.05) is 0 Å². The van der Waals surface area contributed by atoms with E-state index in [4.69, 9.17) is 5.11 Å². The lowest BCUT2D eigenvalue weighted by molar-refractivity contribution is -0.137. The summed E-state index contributed by atoms with van der Waals surface area (Å²) in [6, 6.07) is 1.81. The highest BCUT2D eigenvalue weighted by Gasteiger charge is 2.14. The molecule has 1 unspecified atom stereocenters. The normalized spacial score (nSPS) is 12.1. The Morgan fingerprint density at radius 3 is 2.82 bits per heavy atom. The number of rotatable bonds is 6. The Hall–Kier alpha value is -0.880. The number of nitrogens with one attached hydrogen (secondary N) is 1. The Bertz CT molecular complexity index is 405. The van der Waals surface area contributed by atoms with Gasteiger partial charge in [-0.3, -0.25) is 9.59 Å². The number of halogens is 1. The maximum absolute atomic E-state index is 11.8. The van der Waals surface area contributed by atoms with E-state index in [-0.39, 0.29) is 18.4 Å². The number of amides is 1. The summed E-state index contributed by atoms with van der Waals surface area (Å²) in [5.74, 6) is -0.917. The summed E-state index contributed by atoms with van der Waals surface area (Å²) < 4.78 is 0.790. The Balaban J connectivity index is 2.36. The van der Waals surface area contributed by atoms with Crippen molar-refractivity contribution >= 4 is 39.1 Å². The van der Waals surface area contributed by atoms with Gasteiger partial charge in [0.15, 0.2) is 0 Å². The summed E-state index contributed by atoms with van der Waals surface area (Å²) in [5.41, 5.74) is 0. The molecule has 1 atom stereocenters. The van der Waals surface area contributed by atoms with Gasteiger partial charge in [-0.25, -0.2) is 0 Å². The van der Waals surface area contributed by atoms with E-state index >= 15 is 0 Å². The van der Waals surface area contributed by atoms with E-state index in [1.54, 1.807) is 0 Å². The van der Waals surface area contributed by atoms with Crippen molar-refractivity contribution in [3.8, 4) is 0 Å². The zero-order chi connectivity index (χ0) is 12.8. The molecule has 4 nitrogen and oxygen atoms in total. The zero-order valence-electron chi connectivity index (χ0n) is 9.40. The van der Waals surface area contributed by atoms with Crippen LogP contribution in [-0.2, 0) is 4.79 Å². The van der Waals surface area contributed by atoms with Gasteiger partial charge in [0.1, 0.15) is 4.88 Å². The number of carboxylic acids is 1. The van der Waals surface area contributed by atoms with Crippen LogP contribution in [0.5, 0.6) is 0 Å². The van der Waals surface area contributed by atoms with Gasteiger partial charge in [-0.2, -0.15) is 0 Å². The van der Waals surface area contributed by atoms with Gasteiger partial charge >= 0.3 is 5.97 Å². The Morgan fingerprint density at radius 2 is 2.29 bits per heavy atom. The van der Waals surface area contributed by atoms with E-state index < -0.39 is 5.97 Å². The smallest absolute Gasteiger partial charge is 0.303 e. The Morgan fingerprint density at radius 1 is 1.59 bits per heavy atom. The standard InChI is InChI=1S/C11H14BrNO3S/c1-7(3-2-4-9(14)15)13-11(16)10-8(12)5-6-17-10/h5-7H,2-4H2,1H3,(H,13,16)(H,14,15). The Labute approximate surface area is 112 Å². The number of carbonyl (C=O) groups excluding carboxylic acids is 1. The van der Waals surface area contributed by atoms with Crippen molar-refractivity contribution in [1.29, 1.82) is 0 Å². The van der Waals surface area contributed by atoms with E-state index in [1.807, 2.05) is 18.4 Å². The van der Waals surface area contributed by atoms with Crippen molar-refractivity contribution in [2.24, 2.45) is 0 Å². The van der Waals surface area contributed by atoms with E-state index in [1.165, 1.54) is 11.3 Å². The van der Waals surface area contributed by atoms with Gasteiger partial charge in [0.05, 0.1) is 0 Å². The van der Waals surface area contributed by atoms with Gasteiger partial charge < -0.3 is 10.4 Å². The van der Waals surface area contributed by atoms with Crippen LogP contribution in [0.4, 0.5) is 0 Å². The largest absolute Gasteiger partial charge is 0.481 e. The fourth-order valence-corrected chi connectivity index (χ4v) is 2.83. The summed E-state index contributed by atoms with van der Waals surface area (Å²) in [5, 5.41) is 13.2. The van der Waals surface area contributed by atoms with Gasteiger partial charge in [-0.15, -0.1) is 11.3 Å². The maximum Gasteiger partial charge on any atom is 0.303 e. The van der Waals surface area contributed by atoms with E-state index in [0.29, 0.717) is 17.7 Å². The lowest BCUT2D eigenvalue weighted by Gasteiger charge is -2.12. The fourth-order valence-electron chi connectivity index (χ4n) is 1.38. The number of carboxylic acid groups (broad SMARTS) is 1. The van der Waals surface area contributed by atoms with Crippen LogP contribution < -0.4 is 5.32 Å². The first kappa shape index (κ1) is 14.2. The summed E-state index contributed by atoms with van der Waals surface area (Å²) in [6.07, 6.45) is 1.38. The van der Waals surface area contributed by atoms with Crippen molar-refractivity contribution in [3.63, 3.8) is 0 Å². The van der Waals surface area contributed by atoms with Crippen molar-refractivity contribution < 1.29 is 14.7 Å². The van der Waals surface area contributed by atoms with Crippen LogP contribution in [0.1, 0.15) is 35.9 Å². The highest BCUT2D eigenvalue weighted by atomic mass is 79.9. The molecule has 0 saturated carbocycles. The molecule has 94 valence electrons. The molecule has 1 heterocycles. The van der Waals surface area contributed by atoms with Crippen LogP contribution in [0, 0.1) is 0 Å². The minimum Gasteiger partial charge on any atom is -0.481 e. The topological polar surface area (TPSA) is 66.4 Å². The summed E-state index contributed by atoms with van der Waals surface area (Å²) >= 11 is 4.68. The molecule has 0 fully saturated rings. The van der Waals surface area contributed by atoms with Crippen LogP contribution in [0.3, 0.4) is 0 Å². The molecule has 0 bridgehead atoms. The fraction of sp³-hybridized carbons (Fsp3) is 0.455. The molecule has 1 aromatic rings. The monoisotopic (exact) mass is 319 g/mol. The second-order valence-corrected chi connectivity index (χ2v) is 5.53. The summed E-state index contributed by atoms with van der Waals surface area (Å²) in [6.45, 7) is 1.88. The van der Waals surface area contributed by atoms with Crippen LogP contribution >= 0.6 is 27.3 Å². The number of aliphatic carboxylic acids is 1. The molecular formula is C11H14BrNO3S. The molecule has 2 N–H and O–H groups in total. The van der Waals surface area contributed by atoms with Gasteiger partial charge in [-0.1, -0.05) is 0 Å². The average molecular weight is 320 g/mol. The van der Waals surface area contributed by atoms with Gasteiger partial charge in [0, 0.05) is 16.9 Å². The second-order valence-electron chi connectivity index (χ2n) is 3.76. The van der Waals surface area contributed by atoms with Gasteiger partial charge in [0.2, 0.25) is 0 Å². The van der Waals surface area contributed by atoms with Crippen LogP contribution in [0.2, 0.25) is 0 Å². The van der Waals surface area contributed by atoms with E-state index in [2.05, 4.69) is 21.2 Å². The first-order valence-electron chi connectivity index (χ1n) is 5.26. The Kier molecular flexibility index (Phi) is 5.64. The van der Waals surface area contributed by atoms with Crippen molar-refractivity contribution in [3.05, 3.63) is 20.8 Å². The average Bonchev–Trinajstić information content (AvgIpc) is 2.63. The first-order chi connectivity index (χ1) is 8.00. The van der Waals surface area contributed by atoms with Crippen LogP contribution in [0.15, 0.2) is 15.9 Å². The molecular weight excluding hydrogens is 306 g/mol. The minimum atomic E-state index is -0.801. The molecule has 0 aliphatic rings. The molecule has 0 aromatic carbocycles. The highest BCUT2D eigenvalue weighted by Crippen LogP contribution is 2.22. The summed E-state index contributed by atoms with van der Waals surface area (Å²) in [4.78, 5) is 22.8. The number of carbonyl (C=O) groups is 2. The number of hydrogen-bond acceptors (Lipinski definition) is 3. The molecule has 0 saturated heterocycles. The predicted octanol–water partition coefficient (Wildman–Crippen LogP) is 2.88. The quantitative estimate of drug-likeness (QED) is 0.847. The second kappa shape index (κ2) is 6.76. The lowest BCUT2D eigenvalue weighted by Crippen LogP contribution is -2.32. The van der Waals surface area contributed by atoms with Crippen molar-refractivity contribution in [2.45, 2.75) is 32.2 Å². The number of thiophene rings is 1. The van der Waals surface area contributed by atoms with Crippen molar-refractivity contribution in [1.82, 2.24) is 5.32 Å². The molecule has 1 amide bonds. The molecule has 0 aliphatic carbocycles. The SMILES string of the molecule is CC(CCCC(=O)O)NC(=O)c1sccc1Br. The third-order valence-corrected chi connectivity index (χ3v) is 4.07. The van der Waals surface area contributed by atoms with Crippen LogP contribution in [0.25, 0.3) is 0 Å². The molecule has 17 heavy (non-hydrogen) atoms. The molecule has 1 rings (SSSR count). The minimum absolute atomic E-state index is 0.0177. The van der Waals surface area contributed by atoms with E-state index in [0.717, 1.165) is 4.47 Å². The third kappa shape index (κ3) is 4.87. The lowest BCUT2D eigenvalue weighted by atomic mass is 10.1. The first-order valence-corrected chi connectivity index (χ1v) is 6.93. The zero-order valence-corrected chi connectivity index (χ0v) is 11.8. The molecule has 6 heteroatoms. The molecule has 0 radical (unpaired) electrons. The van der Waals surface area contributed by atoms with Gasteiger partial charge in [-0.05, 0) is 47.1 Å². The molecule has 0 spiro atoms. The van der Waals surface area contributed by atoms with Gasteiger partial charge in [0.25, 0.3) is 5.91 Å². The van der Waals surface area contributed by atoms with Crippen LogP contribution in [-0.4, -0.2) is 23.0 Å². The molecule has 0 aliphatic heterocycles. The maximum atomic E-state index is 11.8. The highest BCUT2D eigenvalue weighted by molar-refractivity contribution is 9.10. The number of hydrogen-bond donors (Lipinski definition) is 2. The summed E-state index contributed by atoms with van der Waals surface area (Å²) in [7, 11) is 0. The van der Waals surface area contributed by atoms with E-state index in [9.17, 15) is 9.59 Å². The molecule has 1 aromatic heterocycles.